The Bertz CT molecular complexity index is 1140. The standard InChI is InChI=1S/C19H20N6O4S/c1-29-17-9-4-14(12-18(17)30(27,28)24-10-2-3-11-24)19(26)21-15-5-7-16(8-6-15)25-13-20-22-23-25/h4-9,12-13H,2-3,10-11H2,1H3,(H,21,26). The first-order chi connectivity index (χ1) is 14.5. The van der Waals surface area contributed by atoms with Crippen molar-refractivity contribution in [2.75, 3.05) is 25.5 Å². The van der Waals surface area contributed by atoms with Crippen molar-refractivity contribution in [3.63, 3.8) is 0 Å². The third-order valence-electron chi connectivity index (χ3n) is 4.85. The highest BCUT2D eigenvalue weighted by Crippen LogP contribution is 2.30. The third-order valence-corrected chi connectivity index (χ3v) is 6.77. The highest BCUT2D eigenvalue weighted by Gasteiger charge is 2.30. The summed E-state index contributed by atoms with van der Waals surface area (Å²) in [6.45, 7) is 0.936. The molecule has 156 valence electrons. The van der Waals surface area contributed by atoms with E-state index >= 15 is 0 Å². The molecule has 1 amide bonds. The van der Waals surface area contributed by atoms with Gasteiger partial charge in [-0.1, -0.05) is 0 Å². The van der Waals surface area contributed by atoms with Gasteiger partial charge in [0, 0.05) is 24.3 Å². The highest BCUT2D eigenvalue weighted by molar-refractivity contribution is 7.89. The van der Waals surface area contributed by atoms with E-state index in [2.05, 4.69) is 20.8 Å². The summed E-state index contributed by atoms with van der Waals surface area (Å²) >= 11 is 0. The van der Waals surface area contributed by atoms with Crippen LogP contribution in [0.1, 0.15) is 23.2 Å². The van der Waals surface area contributed by atoms with Crippen LogP contribution in [0.4, 0.5) is 5.69 Å². The molecule has 0 aliphatic carbocycles. The van der Waals surface area contributed by atoms with Crippen LogP contribution in [0.15, 0.2) is 53.7 Å². The van der Waals surface area contributed by atoms with Gasteiger partial charge in [-0.2, -0.15) is 4.31 Å². The van der Waals surface area contributed by atoms with E-state index in [1.165, 1.54) is 40.6 Å². The predicted octanol–water partition coefficient (Wildman–Crippen LogP) is 1.71. The van der Waals surface area contributed by atoms with E-state index in [0.29, 0.717) is 18.8 Å². The molecule has 1 aliphatic heterocycles. The first kappa shape index (κ1) is 20.0. The van der Waals surface area contributed by atoms with Gasteiger partial charge in [0.05, 0.1) is 12.8 Å². The Hall–Kier alpha value is -3.31. The number of tetrazole rings is 1. The molecule has 3 aromatic rings. The SMILES string of the molecule is COc1ccc(C(=O)Nc2ccc(-n3cnnn3)cc2)cc1S(=O)(=O)N1CCCC1. The summed E-state index contributed by atoms with van der Waals surface area (Å²) in [4.78, 5) is 12.7. The van der Waals surface area contributed by atoms with Gasteiger partial charge in [-0.15, -0.1) is 5.10 Å². The Morgan fingerprint density at radius 1 is 1.10 bits per heavy atom. The number of carbonyl (C=O) groups excluding carboxylic acids is 1. The summed E-state index contributed by atoms with van der Waals surface area (Å²) in [5.74, 6) is -0.213. The van der Waals surface area contributed by atoms with Crippen molar-refractivity contribution in [3.05, 3.63) is 54.4 Å². The van der Waals surface area contributed by atoms with Gasteiger partial charge in [0.15, 0.2) is 0 Å². The van der Waals surface area contributed by atoms with E-state index in [-0.39, 0.29) is 16.2 Å². The number of hydrogen-bond donors (Lipinski definition) is 1. The molecule has 0 spiro atoms. The van der Waals surface area contributed by atoms with Crippen LogP contribution < -0.4 is 10.1 Å². The minimum Gasteiger partial charge on any atom is -0.495 e. The van der Waals surface area contributed by atoms with Crippen LogP contribution in [0.2, 0.25) is 0 Å². The summed E-state index contributed by atoms with van der Waals surface area (Å²) in [5.41, 5.74) is 1.51. The number of ether oxygens (including phenoxy) is 1. The van der Waals surface area contributed by atoms with Gasteiger partial charge in [0.1, 0.15) is 17.0 Å². The lowest BCUT2D eigenvalue weighted by molar-refractivity contribution is 0.102. The van der Waals surface area contributed by atoms with Crippen molar-refractivity contribution in [1.82, 2.24) is 24.5 Å². The van der Waals surface area contributed by atoms with Crippen molar-refractivity contribution >= 4 is 21.6 Å². The van der Waals surface area contributed by atoms with E-state index in [1.54, 1.807) is 24.3 Å². The van der Waals surface area contributed by atoms with Gasteiger partial charge in [0.25, 0.3) is 5.91 Å². The lowest BCUT2D eigenvalue weighted by atomic mass is 10.2. The Labute approximate surface area is 173 Å². The van der Waals surface area contributed by atoms with Crippen LogP contribution in [0, 0.1) is 0 Å². The summed E-state index contributed by atoms with van der Waals surface area (Å²) in [6, 6.07) is 11.3. The van der Waals surface area contributed by atoms with Gasteiger partial charge in [-0.25, -0.2) is 13.1 Å². The molecule has 30 heavy (non-hydrogen) atoms. The van der Waals surface area contributed by atoms with Crippen molar-refractivity contribution in [2.45, 2.75) is 17.7 Å². The lowest BCUT2D eigenvalue weighted by Crippen LogP contribution is -2.28. The maximum absolute atomic E-state index is 13.0. The number of carbonyl (C=O) groups is 1. The molecule has 1 fully saturated rings. The van der Waals surface area contributed by atoms with E-state index in [4.69, 9.17) is 4.74 Å². The highest BCUT2D eigenvalue weighted by atomic mass is 32.2. The molecule has 4 rings (SSSR count). The molecule has 1 aliphatic rings. The Kier molecular flexibility index (Phi) is 5.46. The van der Waals surface area contributed by atoms with Gasteiger partial charge in [-0.05, 0) is 65.7 Å². The van der Waals surface area contributed by atoms with Crippen molar-refractivity contribution < 1.29 is 17.9 Å². The first-order valence-electron chi connectivity index (χ1n) is 9.32. The van der Waals surface area contributed by atoms with E-state index in [9.17, 15) is 13.2 Å². The number of benzene rings is 2. The number of hydrogen-bond acceptors (Lipinski definition) is 7. The summed E-state index contributed by atoms with van der Waals surface area (Å²) in [5, 5.41) is 13.7. The van der Waals surface area contributed by atoms with E-state index in [0.717, 1.165) is 18.5 Å². The molecule has 2 aromatic carbocycles. The predicted molar refractivity (Wildman–Crippen MR) is 108 cm³/mol. The van der Waals surface area contributed by atoms with Crippen molar-refractivity contribution in [3.8, 4) is 11.4 Å². The molecule has 0 bridgehead atoms. The maximum atomic E-state index is 13.0. The van der Waals surface area contributed by atoms with Gasteiger partial charge in [-0.3, -0.25) is 4.79 Å². The van der Waals surface area contributed by atoms with E-state index < -0.39 is 15.9 Å². The Balaban J connectivity index is 1.57. The average molecular weight is 428 g/mol. The molecule has 0 saturated carbocycles. The van der Waals surface area contributed by atoms with Crippen LogP contribution in [-0.2, 0) is 10.0 Å². The quantitative estimate of drug-likeness (QED) is 0.635. The maximum Gasteiger partial charge on any atom is 0.255 e. The van der Waals surface area contributed by atoms with Gasteiger partial charge < -0.3 is 10.1 Å². The molecule has 2 heterocycles. The Morgan fingerprint density at radius 3 is 2.47 bits per heavy atom. The number of aromatic nitrogens is 4. The van der Waals surface area contributed by atoms with Crippen LogP contribution in [0.5, 0.6) is 5.75 Å². The number of nitrogens with zero attached hydrogens (tertiary/aromatic N) is 5. The van der Waals surface area contributed by atoms with Crippen LogP contribution in [0.25, 0.3) is 5.69 Å². The van der Waals surface area contributed by atoms with Crippen LogP contribution in [0.3, 0.4) is 0 Å². The molecular weight excluding hydrogens is 408 g/mol. The smallest absolute Gasteiger partial charge is 0.255 e. The van der Waals surface area contributed by atoms with Crippen LogP contribution >= 0.6 is 0 Å². The number of nitrogens with one attached hydrogen (secondary N) is 1. The summed E-state index contributed by atoms with van der Waals surface area (Å²) in [6.07, 6.45) is 3.11. The summed E-state index contributed by atoms with van der Waals surface area (Å²) < 4.78 is 34.1. The number of sulfonamides is 1. The molecule has 1 saturated heterocycles. The second kappa shape index (κ2) is 8.20. The third kappa shape index (κ3) is 3.89. The second-order valence-corrected chi connectivity index (χ2v) is 8.64. The van der Waals surface area contributed by atoms with Gasteiger partial charge in [0.2, 0.25) is 10.0 Å². The zero-order valence-electron chi connectivity index (χ0n) is 16.2. The fraction of sp³-hybridized carbons (Fsp3) is 0.263. The molecule has 0 radical (unpaired) electrons. The Morgan fingerprint density at radius 2 is 1.83 bits per heavy atom. The van der Waals surface area contributed by atoms with Gasteiger partial charge >= 0.3 is 0 Å². The molecular formula is C19H20N6O4S. The normalized spacial score (nSPS) is 14.6. The zero-order chi connectivity index (χ0) is 21.1. The first-order valence-corrected chi connectivity index (χ1v) is 10.8. The zero-order valence-corrected chi connectivity index (χ0v) is 17.0. The molecule has 1 aromatic heterocycles. The van der Waals surface area contributed by atoms with Crippen molar-refractivity contribution in [2.24, 2.45) is 0 Å². The van der Waals surface area contributed by atoms with E-state index in [1.807, 2.05) is 0 Å². The minimum atomic E-state index is -3.73. The molecule has 11 heteroatoms. The fourth-order valence-electron chi connectivity index (χ4n) is 3.27. The lowest BCUT2D eigenvalue weighted by Gasteiger charge is -2.18. The molecule has 0 unspecified atom stereocenters. The topological polar surface area (TPSA) is 119 Å². The number of methoxy groups -OCH3 is 1. The molecule has 10 nitrogen and oxygen atoms in total. The average Bonchev–Trinajstić information content (AvgIpc) is 3.48. The molecule has 0 atom stereocenters. The van der Waals surface area contributed by atoms with Crippen LogP contribution in [-0.4, -0.2) is 59.0 Å². The summed E-state index contributed by atoms with van der Waals surface area (Å²) in [7, 11) is -2.33. The minimum absolute atomic E-state index is 0.00594. The number of rotatable bonds is 6. The number of amides is 1. The number of anilines is 1. The molecule has 1 N–H and O–H groups in total. The largest absolute Gasteiger partial charge is 0.495 e. The fourth-order valence-corrected chi connectivity index (χ4v) is 4.97. The second-order valence-electron chi connectivity index (χ2n) is 6.73. The monoisotopic (exact) mass is 428 g/mol. The van der Waals surface area contributed by atoms with Crippen molar-refractivity contribution in [1.29, 1.82) is 0 Å².